The Bertz CT molecular complexity index is 854. The van der Waals surface area contributed by atoms with Crippen LogP contribution in [0.3, 0.4) is 0 Å². The van der Waals surface area contributed by atoms with Crippen molar-refractivity contribution in [1.29, 1.82) is 0 Å². The Morgan fingerprint density at radius 3 is 2.40 bits per heavy atom. The molecule has 0 atom stereocenters. The van der Waals surface area contributed by atoms with Gasteiger partial charge in [0.15, 0.2) is 0 Å². The third-order valence-corrected chi connectivity index (χ3v) is 5.30. The van der Waals surface area contributed by atoms with Crippen LogP contribution in [0.5, 0.6) is 0 Å². The average molecular weight is 298 g/mol. The minimum Gasteiger partial charge on any atom is -0.346 e. The maximum atomic E-state index is 13.3. The van der Waals surface area contributed by atoms with Gasteiger partial charge in [0.25, 0.3) is 0 Å². The van der Waals surface area contributed by atoms with Crippen molar-refractivity contribution < 1.29 is 12.8 Å². The number of nitrogens with zero attached hydrogens (tertiary/aromatic N) is 2. The quantitative estimate of drug-likeness (QED) is 0.838. The van der Waals surface area contributed by atoms with E-state index in [-0.39, 0.29) is 16.0 Å². The number of fused-ring (bicyclic) bond motifs is 1. The van der Waals surface area contributed by atoms with Crippen LogP contribution in [0.25, 0.3) is 10.9 Å². The summed E-state index contributed by atoms with van der Waals surface area (Å²) in [4.78, 5) is 12.1. The number of hydrogen-bond donors (Lipinski definition) is 0. The Balaban J connectivity index is 3.04. The lowest BCUT2D eigenvalue weighted by Crippen LogP contribution is -2.30. The van der Waals surface area contributed by atoms with Crippen LogP contribution in [-0.2, 0) is 17.1 Å². The molecule has 0 saturated heterocycles. The normalized spacial score (nSPS) is 12.3. The SMILES string of the molecule is Cc1c(S(=O)(=O)N(C)C)c(=O)c2ccc(F)cc2n1C. The van der Waals surface area contributed by atoms with Crippen molar-refractivity contribution in [3.8, 4) is 0 Å². The summed E-state index contributed by atoms with van der Waals surface area (Å²) >= 11 is 0. The lowest BCUT2D eigenvalue weighted by Gasteiger charge is -2.17. The Kier molecular flexibility index (Phi) is 3.43. The number of rotatable bonds is 2. The Hall–Kier alpha value is -1.73. The summed E-state index contributed by atoms with van der Waals surface area (Å²) in [6.07, 6.45) is 0. The minimum absolute atomic E-state index is 0.180. The Labute approximate surface area is 116 Å². The molecule has 7 heteroatoms. The molecule has 108 valence electrons. The van der Waals surface area contributed by atoms with E-state index >= 15 is 0 Å². The molecule has 0 saturated carbocycles. The summed E-state index contributed by atoms with van der Waals surface area (Å²) in [5.41, 5.74) is 0.0382. The van der Waals surface area contributed by atoms with Crippen LogP contribution < -0.4 is 5.43 Å². The maximum Gasteiger partial charge on any atom is 0.248 e. The monoisotopic (exact) mass is 298 g/mol. The molecule has 0 aliphatic heterocycles. The number of sulfonamides is 1. The summed E-state index contributed by atoms with van der Waals surface area (Å²) in [7, 11) is 0.475. The fourth-order valence-corrected chi connectivity index (χ4v) is 3.30. The number of aryl methyl sites for hydroxylation is 1. The molecule has 0 unspecified atom stereocenters. The first-order valence-electron chi connectivity index (χ1n) is 5.89. The average Bonchev–Trinajstić information content (AvgIpc) is 2.35. The molecule has 0 aliphatic rings. The zero-order valence-corrected chi connectivity index (χ0v) is 12.5. The van der Waals surface area contributed by atoms with Gasteiger partial charge in [-0.2, -0.15) is 0 Å². The van der Waals surface area contributed by atoms with Crippen LogP contribution >= 0.6 is 0 Å². The predicted octanol–water partition coefficient (Wildman–Crippen LogP) is 1.24. The van der Waals surface area contributed by atoms with Gasteiger partial charge in [-0.25, -0.2) is 17.1 Å². The van der Waals surface area contributed by atoms with E-state index in [1.165, 1.54) is 37.7 Å². The number of benzene rings is 1. The maximum absolute atomic E-state index is 13.3. The van der Waals surface area contributed by atoms with Gasteiger partial charge in [-0.15, -0.1) is 0 Å². The lowest BCUT2D eigenvalue weighted by molar-refractivity contribution is 0.518. The highest BCUT2D eigenvalue weighted by Crippen LogP contribution is 2.20. The summed E-state index contributed by atoms with van der Waals surface area (Å²) in [6.45, 7) is 1.53. The van der Waals surface area contributed by atoms with E-state index < -0.39 is 21.3 Å². The van der Waals surface area contributed by atoms with Crippen LogP contribution in [0.2, 0.25) is 0 Å². The predicted molar refractivity (Wildman–Crippen MR) is 74.8 cm³/mol. The van der Waals surface area contributed by atoms with E-state index in [1.54, 1.807) is 7.05 Å². The van der Waals surface area contributed by atoms with Gasteiger partial charge in [-0.3, -0.25) is 4.79 Å². The first-order valence-corrected chi connectivity index (χ1v) is 7.33. The highest BCUT2D eigenvalue weighted by Gasteiger charge is 2.26. The molecule has 0 radical (unpaired) electrons. The molecule has 0 bridgehead atoms. The molecule has 2 rings (SSSR count). The van der Waals surface area contributed by atoms with E-state index in [0.717, 1.165) is 10.4 Å². The van der Waals surface area contributed by atoms with Crippen LogP contribution in [0, 0.1) is 12.7 Å². The Morgan fingerprint density at radius 2 is 1.85 bits per heavy atom. The summed E-state index contributed by atoms with van der Waals surface area (Å²) in [5.74, 6) is -0.477. The second kappa shape index (κ2) is 4.68. The van der Waals surface area contributed by atoms with Crippen molar-refractivity contribution in [2.24, 2.45) is 7.05 Å². The summed E-state index contributed by atoms with van der Waals surface area (Å²) < 4.78 is 40.4. The van der Waals surface area contributed by atoms with Crippen molar-refractivity contribution in [2.45, 2.75) is 11.8 Å². The van der Waals surface area contributed by atoms with Gasteiger partial charge in [0, 0.05) is 32.2 Å². The summed E-state index contributed by atoms with van der Waals surface area (Å²) in [6, 6.07) is 3.67. The highest BCUT2D eigenvalue weighted by molar-refractivity contribution is 7.89. The van der Waals surface area contributed by atoms with E-state index in [4.69, 9.17) is 0 Å². The molecule has 5 nitrogen and oxygen atoms in total. The Morgan fingerprint density at radius 1 is 1.25 bits per heavy atom. The van der Waals surface area contributed by atoms with Gasteiger partial charge in [0.1, 0.15) is 10.7 Å². The van der Waals surface area contributed by atoms with Crippen molar-refractivity contribution in [1.82, 2.24) is 8.87 Å². The molecule has 20 heavy (non-hydrogen) atoms. The smallest absolute Gasteiger partial charge is 0.248 e. The van der Waals surface area contributed by atoms with Gasteiger partial charge in [-0.1, -0.05) is 0 Å². The van der Waals surface area contributed by atoms with E-state index in [0.29, 0.717) is 5.52 Å². The number of pyridine rings is 1. The first-order chi connectivity index (χ1) is 9.17. The molecule has 1 heterocycles. The molecule has 0 fully saturated rings. The zero-order valence-electron chi connectivity index (χ0n) is 11.6. The lowest BCUT2D eigenvalue weighted by atomic mass is 10.2. The third-order valence-electron chi connectivity index (χ3n) is 3.34. The zero-order chi connectivity index (χ0) is 15.2. The molecule has 1 aromatic carbocycles. The van der Waals surface area contributed by atoms with E-state index in [9.17, 15) is 17.6 Å². The topological polar surface area (TPSA) is 59.4 Å². The van der Waals surface area contributed by atoms with Gasteiger partial charge < -0.3 is 4.57 Å². The molecular formula is C13H15FN2O3S. The molecule has 0 aliphatic carbocycles. The van der Waals surface area contributed by atoms with E-state index in [1.807, 2.05) is 0 Å². The van der Waals surface area contributed by atoms with Gasteiger partial charge >= 0.3 is 0 Å². The second-order valence-corrected chi connectivity index (χ2v) is 6.84. The highest BCUT2D eigenvalue weighted by atomic mass is 32.2. The fraction of sp³-hybridized carbons (Fsp3) is 0.308. The molecule has 0 amide bonds. The number of hydrogen-bond acceptors (Lipinski definition) is 3. The molecule has 2 aromatic rings. The van der Waals surface area contributed by atoms with Crippen molar-refractivity contribution in [2.75, 3.05) is 14.1 Å². The van der Waals surface area contributed by atoms with Crippen LogP contribution in [-0.4, -0.2) is 31.4 Å². The standard InChI is InChI=1S/C13H15FN2O3S/c1-8-13(20(18,19)15(2)3)12(17)10-6-5-9(14)7-11(10)16(8)4/h5-7H,1-4H3. The minimum atomic E-state index is -3.86. The van der Waals surface area contributed by atoms with Gasteiger partial charge in [0.2, 0.25) is 15.5 Å². The largest absolute Gasteiger partial charge is 0.346 e. The van der Waals surface area contributed by atoms with Gasteiger partial charge in [-0.05, 0) is 25.1 Å². The molecule has 1 aromatic heterocycles. The molecule has 0 N–H and O–H groups in total. The first kappa shape index (κ1) is 14.7. The number of halogens is 1. The number of aromatic nitrogens is 1. The summed E-state index contributed by atoms with van der Waals surface area (Å²) in [5, 5.41) is 0.180. The van der Waals surface area contributed by atoms with Crippen LogP contribution in [0.15, 0.2) is 27.9 Å². The van der Waals surface area contributed by atoms with Crippen LogP contribution in [0.4, 0.5) is 4.39 Å². The molecular weight excluding hydrogens is 283 g/mol. The van der Waals surface area contributed by atoms with Crippen molar-refractivity contribution in [3.63, 3.8) is 0 Å². The van der Waals surface area contributed by atoms with Crippen molar-refractivity contribution >= 4 is 20.9 Å². The van der Waals surface area contributed by atoms with Crippen molar-refractivity contribution in [3.05, 3.63) is 39.9 Å². The molecule has 0 spiro atoms. The van der Waals surface area contributed by atoms with Crippen LogP contribution in [0.1, 0.15) is 5.69 Å². The second-order valence-electron chi connectivity index (χ2n) is 4.75. The fourth-order valence-electron chi connectivity index (χ4n) is 2.08. The van der Waals surface area contributed by atoms with E-state index in [2.05, 4.69) is 0 Å². The third kappa shape index (κ3) is 2.03. The van der Waals surface area contributed by atoms with Gasteiger partial charge in [0.05, 0.1) is 5.52 Å².